The summed E-state index contributed by atoms with van der Waals surface area (Å²) in [5.41, 5.74) is -2.52. The van der Waals surface area contributed by atoms with E-state index in [2.05, 4.69) is 63.9 Å². The van der Waals surface area contributed by atoms with Crippen molar-refractivity contribution < 1.29 is 85.7 Å². The molecule has 90 heavy (non-hydrogen) atoms. The highest BCUT2D eigenvalue weighted by Crippen LogP contribution is 2.49. The Bertz CT molecular complexity index is 3510. The summed E-state index contributed by atoms with van der Waals surface area (Å²) < 4.78 is 88.1. The fourth-order valence-corrected chi connectivity index (χ4v) is 12.4. The average Bonchev–Trinajstić information content (AvgIpc) is 1.68. The van der Waals surface area contributed by atoms with Crippen LogP contribution in [0.2, 0.25) is 0 Å². The van der Waals surface area contributed by atoms with E-state index in [0.717, 1.165) is 0 Å². The number of hydrogen-bond acceptors (Lipinski definition) is 26. The van der Waals surface area contributed by atoms with Gasteiger partial charge in [0.15, 0.2) is 34.8 Å². The van der Waals surface area contributed by atoms with Crippen molar-refractivity contribution in [3.8, 4) is 23.3 Å². The zero-order chi connectivity index (χ0) is 64.6. The van der Waals surface area contributed by atoms with E-state index in [4.69, 9.17) is 46.5 Å². The van der Waals surface area contributed by atoms with Crippen LogP contribution in [-0.2, 0) is 46.7 Å². The predicted octanol–water partition coefficient (Wildman–Crippen LogP) is 6.24. The second-order valence-corrected chi connectivity index (χ2v) is 24.7. The lowest BCUT2D eigenvalue weighted by Gasteiger charge is -2.27. The highest BCUT2D eigenvalue weighted by atomic mass is 31.2. The van der Waals surface area contributed by atoms with E-state index >= 15 is 0 Å². The molecule has 0 aliphatic carbocycles. The van der Waals surface area contributed by atoms with Crippen molar-refractivity contribution >= 4 is 61.7 Å². The van der Waals surface area contributed by atoms with E-state index in [9.17, 15) is 39.1 Å². The molecule has 12 atom stereocenters. The summed E-state index contributed by atoms with van der Waals surface area (Å²) in [5, 5.41) is 56.1. The first-order valence-electron chi connectivity index (χ1n) is 29.1. The van der Waals surface area contributed by atoms with Crippen LogP contribution in [0.15, 0.2) is 111 Å². The van der Waals surface area contributed by atoms with Crippen LogP contribution in [0.4, 0.5) is 11.9 Å². The van der Waals surface area contributed by atoms with Crippen LogP contribution in [0, 0.1) is 0 Å². The number of ether oxygens (including phenoxy) is 6. The molecule has 2 fully saturated rings. The molecular weight excluding hydrogens is 1210 g/mol. The number of nitrogens with zero attached hydrogens (tertiary/aromatic N) is 8. The Morgan fingerprint density at radius 2 is 1.47 bits per heavy atom. The van der Waals surface area contributed by atoms with Gasteiger partial charge in [-0.05, 0) is 90.5 Å². The van der Waals surface area contributed by atoms with Gasteiger partial charge in [-0.1, -0.05) is 60.7 Å². The maximum absolute atomic E-state index is 14.0. The normalized spacial score (nSPS) is 26.7. The number of benzene rings is 2. The molecule has 488 valence electrons. The van der Waals surface area contributed by atoms with Crippen molar-refractivity contribution in [3.63, 3.8) is 0 Å². The number of anilines is 2. The topological polar surface area (TPSA) is 377 Å². The first-order valence-corrected chi connectivity index (χ1v) is 32.2. The number of aliphatic hydroxyl groups is 4. The Balaban J connectivity index is 0.000000232. The average molecular weight is 1290 g/mol. The van der Waals surface area contributed by atoms with Gasteiger partial charge in [0.05, 0.1) is 52.3 Å². The summed E-state index contributed by atoms with van der Waals surface area (Å²) >= 11 is 0. The Labute approximate surface area is 519 Å². The van der Waals surface area contributed by atoms with Gasteiger partial charge in [0.25, 0.3) is 0 Å². The van der Waals surface area contributed by atoms with Crippen LogP contribution in [0.3, 0.4) is 0 Å². The van der Waals surface area contributed by atoms with E-state index in [-0.39, 0.29) is 54.0 Å². The molecule has 0 spiro atoms. The molecule has 7 heterocycles. The highest BCUT2D eigenvalue weighted by Gasteiger charge is 2.56. The van der Waals surface area contributed by atoms with Gasteiger partial charge in [0, 0.05) is 14.1 Å². The standard InChI is InChI=1S/C30H41N6O9P.C28H37N6O9P/c1-6-8-13-17-42-27(38)20(3)35-46(40,45-21-14-11-10-12-15-21)43-18-22-24(37)30(4,39)28(44-22)36-19-32-23-25(36)33-29(31-5)34-26(23)41-16-9-7-2;1-18-25(36)40-15-11-6-4-5-10-14-39-24-21-23(31-27(29-3)32-24)34(17-30-21)26-28(2,37)22(35)20(42-26)16-41-44(38,33-18)43-19-12-8-7-9-13-19/h6-7,10-12,14-15,19-20,22,24,28,37,39H,1-2,8-9,13,16-18H2,3-5H3,(H,35,40)(H,31,33,34);4-5,7-9,12-13,17-18,20,22,26,35,37H,6,10-11,14-16H2,1-3H3,(H,33,38)(H,29,31,32)/t20-,22?,24+,28?,30+,46?;18-,20?,22+,26?,28+,44?/m00/s1. The second kappa shape index (κ2) is 31.1. The highest BCUT2D eigenvalue weighted by molar-refractivity contribution is 7.52. The van der Waals surface area contributed by atoms with Gasteiger partial charge >= 0.3 is 27.4 Å². The third kappa shape index (κ3) is 16.9. The maximum Gasteiger partial charge on any atom is 0.459 e. The first-order chi connectivity index (χ1) is 43.1. The van der Waals surface area contributed by atoms with Crippen molar-refractivity contribution in [1.29, 1.82) is 0 Å². The third-order valence-electron chi connectivity index (χ3n) is 14.2. The molecule has 2 aromatic carbocycles. The van der Waals surface area contributed by atoms with Gasteiger partial charge in [-0.15, -0.1) is 13.2 Å². The van der Waals surface area contributed by atoms with Crippen molar-refractivity contribution in [2.24, 2.45) is 0 Å². The number of unbranched alkanes of at least 4 members (excludes halogenated alkanes) is 1. The van der Waals surface area contributed by atoms with Crippen molar-refractivity contribution in [2.45, 2.75) is 126 Å². The minimum atomic E-state index is -4.28. The van der Waals surface area contributed by atoms with E-state index in [1.54, 1.807) is 86.9 Å². The fourth-order valence-electron chi connectivity index (χ4n) is 9.37. The molecule has 6 aromatic rings. The quantitative estimate of drug-likeness (QED) is 0.0171. The molecule has 6 unspecified atom stereocenters. The Morgan fingerprint density at radius 3 is 2.14 bits per heavy atom. The van der Waals surface area contributed by atoms with Gasteiger partial charge in [-0.25, -0.2) is 19.1 Å². The number of rotatable bonds is 21. The lowest BCUT2D eigenvalue weighted by atomic mass is 9.96. The molecule has 3 aliphatic rings. The van der Waals surface area contributed by atoms with Crippen molar-refractivity contribution in [3.05, 3.63) is 111 Å². The SMILES string of the molecule is C=CCCCOC(=O)[C@H](C)NP(=O)(OCC1OC(n2cnc3c(OCCC=C)nc(NC)nc32)[C@](C)(O)[C@@H]1O)Oc1ccccc1.CNc1nc2c3ncn(c3n1)C1OC(COP(=O)(Oc3ccccc3)N[C@@H](C)C(=O)OCCCC=CCCO2)[C@@H](O)[C@@]1(C)O. The molecule has 8 N–H and O–H groups in total. The number of aliphatic hydroxyl groups excluding tert-OH is 2. The summed E-state index contributed by atoms with van der Waals surface area (Å²) in [6.07, 6.45) is 6.08. The fraction of sp³-hybridized carbons (Fsp3) is 0.483. The van der Waals surface area contributed by atoms with E-state index in [1.165, 1.54) is 49.5 Å². The van der Waals surface area contributed by atoms with Crippen LogP contribution in [0.25, 0.3) is 22.3 Å². The smallest absolute Gasteiger partial charge is 0.459 e. The molecule has 4 aromatic heterocycles. The Hall–Kier alpha value is -7.44. The predicted molar refractivity (Wildman–Crippen MR) is 327 cm³/mol. The number of nitrogens with one attached hydrogen (secondary N) is 4. The number of hydrogen-bond donors (Lipinski definition) is 8. The van der Waals surface area contributed by atoms with Gasteiger partial charge in [-0.2, -0.15) is 30.1 Å². The van der Waals surface area contributed by atoms with Gasteiger partial charge < -0.3 is 68.5 Å². The molecule has 32 heteroatoms. The number of allylic oxidation sites excluding steroid dienone is 2. The summed E-state index contributed by atoms with van der Waals surface area (Å²) in [5.74, 6) is 0.0648. The third-order valence-corrected chi connectivity index (χ3v) is 17.5. The number of aromatic nitrogens is 8. The maximum atomic E-state index is 14.0. The molecule has 0 amide bonds. The zero-order valence-electron chi connectivity index (χ0n) is 50.7. The lowest BCUT2D eigenvalue weighted by Crippen LogP contribution is -2.44. The summed E-state index contributed by atoms with van der Waals surface area (Å²) in [6.45, 7) is 13.0. The van der Waals surface area contributed by atoms with Crippen LogP contribution >= 0.6 is 15.5 Å². The van der Waals surface area contributed by atoms with E-state index in [0.29, 0.717) is 68.4 Å². The molecule has 2 saturated heterocycles. The molecular formula is C58H78N12O18P2. The Morgan fingerprint density at radius 1 is 0.844 bits per heavy atom. The van der Waals surface area contributed by atoms with Crippen LogP contribution in [0.5, 0.6) is 23.3 Å². The summed E-state index contributed by atoms with van der Waals surface area (Å²) in [6, 6.07) is 14.4. The number of para-hydroxylation sites is 2. The molecule has 0 saturated carbocycles. The molecule has 9 rings (SSSR count). The number of imidazole rings is 2. The molecule has 3 aliphatic heterocycles. The van der Waals surface area contributed by atoms with E-state index < -0.39 is 101 Å². The van der Waals surface area contributed by atoms with Gasteiger partial charge in [0.1, 0.15) is 59.2 Å². The second-order valence-electron chi connectivity index (χ2n) is 21.3. The van der Waals surface area contributed by atoms with Gasteiger partial charge in [-0.3, -0.25) is 27.8 Å². The zero-order valence-corrected chi connectivity index (χ0v) is 52.5. The van der Waals surface area contributed by atoms with Crippen LogP contribution < -0.4 is 39.3 Å². The monoisotopic (exact) mass is 1290 g/mol. The number of carbonyl (C=O) groups is 2. The van der Waals surface area contributed by atoms with E-state index in [1.807, 2.05) is 12.2 Å². The minimum Gasteiger partial charge on any atom is -0.476 e. The van der Waals surface area contributed by atoms with Crippen molar-refractivity contribution in [2.75, 3.05) is 64.4 Å². The largest absolute Gasteiger partial charge is 0.476 e. The molecule has 6 bridgehead atoms. The van der Waals surface area contributed by atoms with Gasteiger partial charge in [0.2, 0.25) is 23.7 Å². The number of fused-ring (bicyclic) bond motifs is 4. The van der Waals surface area contributed by atoms with Crippen LogP contribution in [-0.4, -0.2) is 173 Å². The first kappa shape index (κ1) is 68.5. The minimum absolute atomic E-state index is 0.156. The lowest BCUT2D eigenvalue weighted by molar-refractivity contribution is -0.146. The number of esters is 2. The summed E-state index contributed by atoms with van der Waals surface area (Å²) in [4.78, 5) is 51.7. The molecule has 30 nitrogen and oxygen atoms in total. The number of cyclic esters (lactones) is 1. The molecule has 0 radical (unpaired) electrons. The van der Waals surface area contributed by atoms with Crippen molar-refractivity contribution in [1.82, 2.24) is 49.2 Å². The number of carbonyl (C=O) groups excluding carboxylic acids is 2. The Kier molecular flexibility index (Phi) is 23.6. The van der Waals surface area contributed by atoms with Crippen LogP contribution in [0.1, 0.15) is 78.7 Å². The summed E-state index contributed by atoms with van der Waals surface area (Å²) in [7, 11) is -5.23.